The van der Waals surface area contributed by atoms with E-state index in [1.807, 2.05) is 96.9 Å². The van der Waals surface area contributed by atoms with E-state index in [0.717, 1.165) is 22.4 Å². The molecule has 5 nitrogen and oxygen atoms in total. The van der Waals surface area contributed by atoms with Crippen LogP contribution in [0.25, 0.3) is 5.57 Å². The summed E-state index contributed by atoms with van der Waals surface area (Å²) in [6.45, 7) is 0.739. The monoisotopic (exact) mass is 412 g/mol. The Balaban J connectivity index is 1.68. The Bertz CT molecular complexity index is 1110. The summed E-state index contributed by atoms with van der Waals surface area (Å²) >= 11 is 0. The van der Waals surface area contributed by atoms with Crippen molar-refractivity contribution in [1.82, 2.24) is 9.80 Å². The van der Waals surface area contributed by atoms with Crippen molar-refractivity contribution in [2.45, 2.75) is 13.1 Å². The number of likely N-dealkylation sites (N-methyl/N-ethyl adjacent to an activating group) is 1. The second-order valence-corrected chi connectivity index (χ2v) is 7.48. The van der Waals surface area contributed by atoms with E-state index in [1.54, 1.807) is 7.11 Å². The molecule has 0 unspecified atom stereocenters. The van der Waals surface area contributed by atoms with Crippen molar-refractivity contribution in [3.63, 3.8) is 0 Å². The first kappa shape index (κ1) is 20.4. The molecule has 5 heteroatoms. The average molecular weight is 412 g/mol. The zero-order chi connectivity index (χ0) is 21.8. The highest BCUT2D eigenvalue weighted by Crippen LogP contribution is 2.32. The van der Waals surface area contributed by atoms with Gasteiger partial charge in [-0.05, 0) is 28.8 Å². The van der Waals surface area contributed by atoms with Gasteiger partial charge in [0, 0.05) is 13.6 Å². The molecule has 0 saturated carbocycles. The molecule has 1 aliphatic rings. The lowest BCUT2D eigenvalue weighted by atomic mass is 10.0. The van der Waals surface area contributed by atoms with Gasteiger partial charge < -0.3 is 9.64 Å². The lowest BCUT2D eigenvalue weighted by Crippen LogP contribution is -2.33. The van der Waals surface area contributed by atoms with Gasteiger partial charge in [-0.25, -0.2) is 0 Å². The van der Waals surface area contributed by atoms with Gasteiger partial charge in [0.2, 0.25) is 0 Å². The zero-order valence-corrected chi connectivity index (χ0v) is 17.6. The Hall–Kier alpha value is -3.86. The van der Waals surface area contributed by atoms with Crippen LogP contribution in [-0.2, 0) is 22.7 Å². The van der Waals surface area contributed by atoms with Crippen molar-refractivity contribution in [2.24, 2.45) is 0 Å². The minimum absolute atomic E-state index is 0.209. The largest absolute Gasteiger partial charge is 0.497 e. The summed E-state index contributed by atoms with van der Waals surface area (Å²) in [4.78, 5) is 30.0. The molecule has 1 heterocycles. The van der Waals surface area contributed by atoms with Crippen LogP contribution in [0.3, 0.4) is 0 Å². The van der Waals surface area contributed by atoms with Gasteiger partial charge in [-0.15, -0.1) is 0 Å². The van der Waals surface area contributed by atoms with Crippen LogP contribution in [0.2, 0.25) is 0 Å². The normalized spacial score (nSPS) is 13.7. The summed E-state index contributed by atoms with van der Waals surface area (Å²) in [6.07, 6.45) is 0. The molecule has 0 radical (unpaired) electrons. The van der Waals surface area contributed by atoms with Gasteiger partial charge in [0.25, 0.3) is 11.8 Å². The fourth-order valence-corrected chi connectivity index (χ4v) is 3.78. The van der Waals surface area contributed by atoms with Crippen molar-refractivity contribution >= 4 is 17.4 Å². The number of amides is 2. The predicted octanol–water partition coefficient (Wildman–Crippen LogP) is 4.11. The van der Waals surface area contributed by atoms with E-state index < -0.39 is 0 Å². The molecule has 0 aliphatic carbocycles. The fraction of sp³-hybridized carbons (Fsp3) is 0.154. The van der Waals surface area contributed by atoms with Gasteiger partial charge >= 0.3 is 0 Å². The SMILES string of the molecule is COc1ccc(CN2C(=O)C(c3ccccc3)=C(N(C)Cc3ccccc3)C2=O)cc1. The molecule has 2 amide bonds. The smallest absolute Gasteiger partial charge is 0.278 e. The van der Waals surface area contributed by atoms with Crippen molar-refractivity contribution in [3.05, 3.63) is 107 Å². The number of carbonyl (C=O) groups is 2. The molecule has 0 saturated heterocycles. The van der Waals surface area contributed by atoms with E-state index in [4.69, 9.17) is 4.74 Å². The van der Waals surface area contributed by atoms with E-state index in [0.29, 0.717) is 17.8 Å². The molecule has 3 aromatic carbocycles. The molecule has 0 bridgehead atoms. The Morgan fingerprint density at radius 2 is 1.39 bits per heavy atom. The molecule has 0 atom stereocenters. The first-order chi connectivity index (χ1) is 15.1. The summed E-state index contributed by atoms with van der Waals surface area (Å²) in [6, 6.07) is 26.7. The van der Waals surface area contributed by atoms with Crippen LogP contribution >= 0.6 is 0 Å². The number of imide groups is 1. The number of rotatable bonds is 7. The highest BCUT2D eigenvalue weighted by molar-refractivity contribution is 6.35. The summed E-state index contributed by atoms with van der Waals surface area (Å²) < 4.78 is 5.20. The van der Waals surface area contributed by atoms with Gasteiger partial charge in [0.1, 0.15) is 11.4 Å². The van der Waals surface area contributed by atoms with Gasteiger partial charge in [-0.2, -0.15) is 0 Å². The van der Waals surface area contributed by atoms with E-state index in [9.17, 15) is 9.59 Å². The van der Waals surface area contributed by atoms with Crippen LogP contribution < -0.4 is 4.74 Å². The first-order valence-electron chi connectivity index (χ1n) is 10.1. The molecule has 31 heavy (non-hydrogen) atoms. The average Bonchev–Trinajstić information content (AvgIpc) is 3.05. The maximum atomic E-state index is 13.4. The highest BCUT2D eigenvalue weighted by atomic mass is 16.5. The van der Waals surface area contributed by atoms with Crippen LogP contribution in [0.1, 0.15) is 16.7 Å². The Labute approximate surface area is 182 Å². The van der Waals surface area contributed by atoms with Crippen LogP contribution in [0, 0.1) is 0 Å². The van der Waals surface area contributed by atoms with Crippen molar-refractivity contribution < 1.29 is 14.3 Å². The number of hydrogen-bond acceptors (Lipinski definition) is 4. The maximum Gasteiger partial charge on any atom is 0.278 e. The van der Waals surface area contributed by atoms with Crippen molar-refractivity contribution in [2.75, 3.05) is 14.2 Å². The first-order valence-corrected chi connectivity index (χ1v) is 10.1. The molecule has 156 valence electrons. The maximum absolute atomic E-state index is 13.4. The summed E-state index contributed by atoms with van der Waals surface area (Å²) in [5.74, 6) is 0.175. The Kier molecular flexibility index (Phi) is 5.85. The second-order valence-electron chi connectivity index (χ2n) is 7.48. The standard InChI is InChI=1S/C26H24N2O3/c1-27(17-19-9-5-3-6-10-19)24-23(21-11-7-4-8-12-21)25(29)28(26(24)30)18-20-13-15-22(31-2)16-14-20/h3-16H,17-18H2,1-2H3. The fourth-order valence-electron chi connectivity index (χ4n) is 3.78. The van der Waals surface area contributed by atoms with Gasteiger partial charge in [0.05, 0.1) is 19.2 Å². The van der Waals surface area contributed by atoms with Crippen LogP contribution in [0.5, 0.6) is 5.75 Å². The topological polar surface area (TPSA) is 49.9 Å². The molecule has 0 fully saturated rings. The minimum Gasteiger partial charge on any atom is -0.497 e. The molecule has 0 aromatic heterocycles. The lowest BCUT2D eigenvalue weighted by molar-refractivity contribution is -0.138. The predicted molar refractivity (Wildman–Crippen MR) is 120 cm³/mol. The Morgan fingerprint density at radius 3 is 2.00 bits per heavy atom. The number of carbonyl (C=O) groups excluding carboxylic acids is 2. The van der Waals surface area contributed by atoms with Crippen LogP contribution in [0.15, 0.2) is 90.6 Å². The number of methoxy groups -OCH3 is 1. The summed E-state index contributed by atoms with van der Waals surface area (Å²) in [5, 5.41) is 0. The minimum atomic E-state index is -0.280. The van der Waals surface area contributed by atoms with Crippen molar-refractivity contribution in [1.29, 1.82) is 0 Å². The summed E-state index contributed by atoms with van der Waals surface area (Å²) in [7, 11) is 3.46. The molecule has 0 spiro atoms. The summed E-state index contributed by atoms with van der Waals surface area (Å²) in [5.41, 5.74) is 3.54. The van der Waals surface area contributed by atoms with Gasteiger partial charge in [-0.3, -0.25) is 14.5 Å². The molecular formula is C26H24N2O3. The van der Waals surface area contributed by atoms with Crippen LogP contribution in [0.4, 0.5) is 0 Å². The van der Waals surface area contributed by atoms with Crippen molar-refractivity contribution in [3.8, 4) is 5.75 Å². The van der Waals surface area contributed by atoms with Gasteiger partial charge in [0.15, 0.2) is 0 Å². The van der Waals surface area contributed by atoms with E-state index in [-0.39, 0.29) is 18.4 Å². The molecule has 4 rings (SSSR count). The zero-order valence-electron chi connectivity index (χ0n) is 17.6. The molecule has 0 N–H and O–H groups in total. The van der Waals surface area contributed by atoms with Crippen LogP contribution in [-0.4, -0.2) is 35.8 Å². The van der Waals surface area contributed by atoms with Gasteiger partial charge in [-0.1, -0.05) is 72.8 Å². The number of nitrogens with zero attached hydrogens (tertiary/aromatic N) is 2. The third kappa shape index (κ3) is 4.21. The quantitative estimate of drug-likeness (QED) is 0.548. The molecule has 3 aromatic rings. The Morgan fingerprint density at radius 1 is 0.774 bits per heavy atom. The lowest BCUT2D eigenvalue weighted by Gasteiger charge is -2.21. The number of hydrogen-bond donors (Lipinski definition) is 0. The molecular weight excluding hydrogens is 388 g/mol. The third-order valence-electron chi connectivity index (χ3n) is 5.35. The number of benzene rings is 3. The third-order valence-corrected chi connectivity index (χ3v) is 5.35. The molecule has 1 aliphatic heterocycles. The van der Waals surface area contributed by atoms with E-state index in [2.05, 4.69) is 0 Å². The number of ether oxygens (including phenoxy) is 1. The second kappa shape index (κ2) is 8.88. The highest BCUT2D eigenvalue weighted by Gasteiger charge is 2.40. The van der Waals surface area contributed by atoms with E-state index >= 15 is 0 Å². The van der Waals surface area contributed by atoms with E-state index in [1.165, 1.54) is 4.90 Å².